The molecule has 0 spiro atoms. The molecule has 1 N–H and O–H groups in total. The van der Waals surface area contributed by atoms with E-state index in [1.807, 2.05) is 6.92 Å². The molecule has 0 fully saturated rings. The summed E-state index contributed by atoms with van der Waals surface area (Å²) in [5, 5.41) is 2.84. The second kappa shape index (κ2) is 6.36. The molecule has 0 aliphatic rings. The van der Waals surface area contributed by atoms with E-state index in [9.17, 15) is 8.78 Å². The minimum absolute atomic E-state index is 0.0644. The van der Waals surface area contributed by atoms with E-state index in [0.717, 1.165) is 12.5 Å². The standard InChI is InChI=1S/C14H17F2N3O/c1-3-6-17-13-11(15)8-12(16)14(18-13)19(2)9-10-5-4-7-20-10/h4-5,7-8H,3,6,9H2,1-2H3,(H,17,18). The van der Waals surface area contributed by atoms with Crippen molar-refractivity contribution in [1.29, 1.82) is 0 Å². The zero-order chi connectivity index (χ0) is 14.5. The highest BCUT2D eigenvalue weighted by Crippen LogP contribution is 2.22. The van der Waals surface area contributed by atoms with Gasteiger partial charge >= 0.3 is 0 Å². The Hall–Kier alpha value is -2.11. The highest BCUT2D eigenvalue weighted by molar-refractivity contribution is 5.49. The number of aromatic nitrogens is 1. The Labute approximate surface area is 116 Å². The third-order valence-corrected chi connectivity index (χ3v) is 2.79. The number of rotatable bonds is 6. The molecule has 0 unspecified atom stereocenters. The lowest BCUT2D eigenvalue weighted by atomic mass is 10.3. The molecule has 2 aromatic rings. The molecule has 0 aliphatic carbocycles. The number of halogens is 2. The van der Waals surface area contributed by atoms with Gasteiger partial charge in [-0.25, -0.2) is 13.8 Å². The van der Waals surface area contributed by atoms with Crippen LogP contribution in [0.1, 0.15) is 19.1 Å². The molecule has 0 saturated heterocycles. The van der Waals surface area contributed by atoms with Crippen LogP contribution < -0.4 is 10.2 Å². The number of hydrogen-bond acceptors (Lipinski definition) is 4. The maximum atomic E-state index is 13.8. The van der Waals surface area contributed by atoms with Gasteiger partial charge in [-0.05, 0) is 18.6 Å². The predicted molar refractivity (Wildman–Crippen MR) is 73.7 cm³/mol. The van der Waals surface area contributed by atoms with Crippen molar-refractivity contribution in [1.82, 2.24) is 4.98 Å². The molecule has 2 heterocycles. The summed E-state index contributed by atoms with van der Waals surface area (Å²) < 4.78 is 32.6. The number of nitrogens with one attached hydrogen (secondary N) is 1. The van der Waals surface area contributed by atoms with Gasteiger partial charge in [0, 0.05) is 19.7 Å². The smallest absolute Gasteiger partial charge is 0.168 e. The number of pyridine rings is 1. The van der Waals surface area contributed by atoms with Gasteiger partial charge in [-0.2, -0.15) is 0 Å². The largest absolute Gasteiger partial charge is 0.467 e. The number of hydrogen-bond donors (Lipinski definition) is 1. The summed E-state index contributed by atoms with van der Waals surface area (Å²) in [5.74, 6) is -0.554. The molecular weight excluding hydrogens is 264 g/mol. The SMILES string of the molecule is CCCNc1nc(N(C)Cc2ccco2)c(F)cc1F. The Morgan fingerprint density at radius 2 is 2.15 bits per heavy atom. The highest BCUT2D eigenvalue weighted by atomic mass is 19.1. The van der Waals surface area contributed by atoms with E-state index in [1.165, 1.54) is 0 Å². The normalized spacial score (nSPS) is 10.6. The average molecular weight is 281 g/mol. The van der Waals surface area contributed by atoms with E-state index < -0.39 is 11.6 Å². The van der Waals surface area contributed by atoms with Crippen molar-refractivity contribution in [2.24, 2.45) is 0 Å². The van der Waals surface area contributed by atoms with Gasteiger partial charge < -0.3 is 14.6 Å². The van der Waals surface area contributed by atoms with Crippen LogP contribution in [0.2, 0.25) is 0 Å². The molecule has 0 aromatic carbocycles. The second-order valence-corrected chi connectivity index (χ2v) is 4.49. The molecule has 108 valence electrons. The topological polar surface area (TPSA) is 41.3 Å². The van der Waals surface area contributed by atoms with E-state index in [1.54, 1.807) is 30.3 Å². The summed E-state index contributed by atoms with van der Waals surface area (Å²) in [5.41, 5.74) is 0. The summed E-state index contributed by atoms with van der Waals surface area (Å²) in [7, 11) is 1.68. The first-order valence-corrected chi connectivity index (χ1v) is 6.45. The van der Waals surface area contributed by atoms with E-state index >= 15 is 0 Å². The van der Waals surface area contributed by atoms with Gasteiger partial charge in [0.25, 0.3) is 0 Å². The lowest BCUT2D eigenvalue weighted by Gasteiger charge is -2.18. The summed E-state index contributed by atoms with van der Waals surface area (Å²) >= 11 is 0. The maximum absolute atomic E-state index is 13.8. The van der Waals surface area contributed by atoms with Crippen molar-refractivity contribution in [3.63, 3.8) is 0 Å². The molecule has 0 bridgehead atoms. The third kappa shape index (κ3) is 3.26. The van der Waals surface area contributed by atoms with Crippen LogP contribution in [0.25, 0.3) is 0 Å². The van der Waals surface area contributed by atoms with E-state index in [2.05, 4.69) is 10.3 Å². The van der Waals surface area contributed by atoms with Gasteiger partial charge in [0.1, 0.15) is 5.76 Å². The van der Waals surface area contributed by atoms with Crippen molar-refractivity contribution < 1.29 is 13.2 Å². The Morgan fingerprint density at radius 1 is 1.35 bits per heavy atom. The summed E-state index contributed by atoms with van der Waals surface area (Å²) in [6.07, 6.45) is 2.38. The lowest BCUT2D eigenvalue weighted by Crippen LogP contribution is -2.20. The van der Waals surface area contributed by atoms with Crippen LogP contribution >= 0.6 is 0 Å². The monoisotopic (exact) mass is 281 g/mol. The second-order valence-electron chi connectivity index (χ2n) is 4.49. The molecule has 2 aromatic heterocycles. The average Bonchev–Trinajstić information content (AvgIpc) is 2.90. The Bertz CT molecular complexity index is 558. The van der Waals surface area contributed by atoms with Crippen LogP contribution in [0.3, 0.4) is 0 Å². The molecule has 6 heteroatoms. The fourth-order valence-electron chi connectivity index (χ4n) is 1.80. The van der Waals surface area contributed by atoms with Crippen LogP contribution in [-0.4, -0.2) is 18.6 Å². The Morgan fingerprint density at radius 3 is 2.80 bits per heavy atom. The lowest BCUT2D eigenvalue weighted by molar-refractivity contribution is 0.503. The quantitative estimate of drug-likeness (QED) is 0.881. The van der Waals surface area contributed by atoms with Gasteiger partial charge in [0.05, 0.1) is 12.8 Å². The molecule has 4 nitrogen and oxygen atoms in total. The Balaban J connectivity index is 2.21. The number of anilines is 2. The van der Waals surface area contributed by atoms with Crippen LogP contribution in [0.5, 0.6) is 0 Å². The minimum Gasteiger partial charge on any atom is -0.467 e. The zero-order valence-corrected chi connectivity index (χ0v) is 11.5. The van der Waals surface area contributed by atoms with Crippen LogP contribution in [-0.2, 0) is 6.54 Å². The van der Waals surface area contributed by atoms with Gasteiger partial charge in [0.2, 0.25) is 0 Å². The summed E-state index contributed by atoms with van der Waals surface area (Å²) in [4.78, 5) is 5.59. The fourth-order valence-corrected chi connectivity index (χ4v) is 1.80. The van der Waals surface area contributed by atoms with Gasteiger partial charge in [-0.1, -0.05) is 6.92 Å². The Kier molecular flexibility index (Phi) is 4.55. The van der Waals surface area contributed by atoms with E-state index in [-0.39, 0.29) is 11.6 Å². The zero-order valence-electron chi connectivity index (χ0n) is 11.5. The van der Waals surface area contributed by atoms with Crippen LogP contribution in [0, 0.1) is 11.6 Å². The molecule has 0 aliphatic heterocycles. The molecular formula is C14H17F2N3O. The number of nitrogens with zero attached hydrogens (tertiary/aromatic N) is 2. The summed E-state index contributed by atoms with van der Waals surface area (Å²) in [6.45, 7) is 2.89. The molecule has 0 amide bonds. The molecule has 20 heavy (non-hydrogen) atoms. The fraction of sp³-hybridized carbons (Fsp3) is 0.357. The first-order chi connectivity index (χ1) is 9.61. The van der Waals surface area contributed by atoms with Crippen LogP contribution in [0.4, 0.5) is 20.4 Å². The minimum atomic E-state index is -0.696. The maximum Gasteiger partial charge on any atom is 0.168 e. The molecule has 0 radical (unpaired) electrons. The number of furan rings is 1. The van der Waals surface area contributed by atoms with Crippen molar-refractivity contribution in [3.05, 3.63) is 41.9 Å². The predicted octanol–water partition coefficient (Wildman–Crippen LogP) is 3.41. The molecule has 0 saturated carbocycles. The molecule has 0 atom stereocenters. The van der Waals surface area contributed by atoms with E-state index in [4.69, 9.17) is 4.42 Å². The highest BCUT2D eigenvalue weighted by Gasteiger charge is 2.15. The van der Waals surface area contributed by atoms with Crippen molar-refractivity contribution >= 4 is 11.6 Å². The first kappa shape index (κ1) is 14.3. The molecule has 2 rings (SSSR count). The van der Waals surface area contributed by atoms with Crippen molar-refractivity contribution in [2.45, 2.75) is 19.9 Å². The van der Waals surface area contributed by atoms with Gasteiger partial charge in [0.15, 0.2) is 23.3 Å². The van der Waals surface area contributed by atoms with Gasteiger partial charge in [-0.15, -0.1) is 0 Å². The van der Waals surface area contributed by atoms with Crippen LogP contribution in [0.15, 0.2) is 28.9 Å². The van der Waals surface area contributed by atoms with E-state index in [0.29, 0.717) is 18.8 Å². The van der Waals surface area contributed by atoms with Gasteiger partial charge in [-0.3, -0.25) is 0 Å². The summed E-state index contributed by atoms with van der Waals surface area (Å²) in [6, 6.07) is 4.39. The van der Waals surface area contributed by atoms with Crippen molar-refractivity contribution in [3.8, 4) is 0 Å². The first-order valence-electron chi connectivity index (χ1n) is 6.45. The van der Waals surface area contributed by atoms with Crippen molar-refractivity contribution in [2.75, 3.05) is 23.8 Å². The third-order valence-electron chi connectivity index (χ3n) is 2.79.